The third-order valence-electron chi connectivity index (χ3n) is 6.31. The molecule has 1 atom stereocenters. The molecule has 9 heteroatoms. The Balaban J connectivity index is 1.56. The first-order valence-corrected chi connectivity index (χ1v) is 12.5. The molecule has 2 heterocycles. The number of amides is 1. The number of carbonyl (C=O) groups is 1. The van der Waals surface area contributed by atoms with Gasteiger partial charge < -0.3 is 20.1 Å². The van der Waals surface area contributed by atoms with E-state index >= 15 is 0 Å². The van der Waals surface area contributed by atoms with Crippen molar-refractivity contribution in [1.82, 2.24) is 14.8 Å². The number of ether oxygens (including phenoxy) is 2. The largest absolute Gasteiger partial charge is 0.495 e. The van der Waals surface area contributed by atoms with E-state index in [0.29, 0.717) is 41.0 Å². The highest BCUT2D eigenvalue weighted by molar-refractivity contribution is 9.10. The number of hydrogen-bond donors (Lipinski definition) is 2. The number of rotatable bonds is 7. The van der Waals surface area contributed by atoms with Crippen LogP contribution in [0.4, 0.5) is 11.6 Å². The smallest absolute Gasteiger partial charge is 0.255 e. The highest BCUT2D eigenvalue weighted by Gasteiger charge is 2.35. The normalized spacial score (nSPS) is 14.5. The second-order valence-corrected chi connectivity index (χ2v) is 9.56. The third-order valence-corrected chi connectivity index (χ3v) is 6.80. The van der Waals surface area contributed by atoms with Gasteiger partial charge in [0.05, 0.1) is 18.4 Å². The molecule has 2 N–H and O–H groups in total. The van der Waals surface area contributed by atoms with Gasteiger partial charge in [0.15, 0.2) is 0 Å². The van der Waals surface area contributed by atoms with E-state index in [1.807, 2.05) is 55.5 Å². The van der Waals surface area contributed by atoms with Crippen LogP contribution in [-0.2, 0) is 11.4 Å². The summed E-state index contributed by atoms with van der Waals surface area (Å²) in [6, 6.07) is 20.6. The zero-order valence-corrected chi connectivity index (χ0v) is 22.2. The van der Waals surface area contributed by atoms with Crippen LogP contribution in [0.1, 0.15) is 29.7 Å². The van der Waals surface area contributed by atoms with Crippen molar-refractivity contribution in [2.24, 2.45) is 0 Å². The van der Waals surface area contributed by atoms with E-state index in [2.05, 4.69) is 49.6 Å². The number of allylic oxidation sites excluding steroid dienone is 1. The molecule has 4 aromatic rings. The van der Waals surface area contributed by atoms with Crippen LogP contribution in [0.5, 0.6) is 11.5 Å². The second kappa shape index (κ2) is 10.5. The lowest BCUT2D eigenvalue weighted by Crippen LogP contribution is -2.32. The minimum Gasteiger partial charge on any atom is -0.495 e. The SMILES string of the molecule is COc1ccccc1NC(=O)C1=C(C)Nc2ncnn2C1c1cc(Br)ccc1OCc1ccccc1C. The van der Waals surface area contributed by atoms with Gasteiger partial charge in [0, 0.05) is 15.7 Å². The Bertz CT molecular complexity index is 1500. The van der Waals surface area contributed by atoms with Gasteiger partial charge in [-0.2, -0.15) is 10.1 Å². The molecule has 3 aromatic carbocycles. The Morgan fingerprint density at radius 3 is 2.68 bits per heavy atom. The summed E-state index contributed by atoms with van der Waals surface area (Å²) in [6.07, 6.45) is 1.47. The van der Waals surface area contributed by atoms with Crippen LogP contribution in [-0.4, -0.2) is 27.8 Å². The van der Waals surface area contributed by atoms with Gasteiger partial charge >= 0.3 is 0 Å². The van der Waals surface area contributed by atoms with Gasteiger partial charge in [-0.25, -0.2) is 4.68 Å². The zero-order chi connectivity index (χ0) is 25.9. The number of benzene rings is 3. The average molecular weight is 560 g/mol. The number of hydrogen-bond acceptors (Lipinski definition) is 6. The number of halogens is 1. The maximum absolute atomic E-state index is 13.8. The number of aromatic nitrogens is 3. The highest BCUT2D eigenvalue weighted by Crippen LogP contribution is 2.41. The van der Waals surface area contributed by atoms with Crippen LogP contribution in [0.25, 0.3) is 0 Å². The summed E-state index contributed by atoms with van der Waals surface area (Å²) in [7, 11) is 1.57. The molecular formula is C28H26BrN5O3. The van der Waals surface area contributed by atoms with Gasteiger partial charge in [0.1, 0.15) is 30.5 Å². The van der Waals surface area contributed by atoms with Crippen LogP contribution >= 0.6 is 15.9 Å². The Hall–Kier alpha value is -4.11. The lowest BCUT2D eigenvalue weighted by molar-refractivity contribution is -0.113. The molecule has 188 valence electrons. The van der Waals surface area contributed by atoms with Crippen LogP contribution in [0, 0.1) is 6.92 Å². The Labute approximate surface area is 223 Å². The molecule has 1 aliphatic heterocycles. The summed E-state index contributed by atoms with van der Waals surface area (Å²) >= 11 is 3.60. The van der Waals surface area contributed by atoms with Crippen LogP contribution < -0.4 is 20.1 Å². The number of fused-ring (bicyclic) bond motifs is 1. The molecule has 8 nitrogen and oxygen atoms in total. The Morgan fingerprint density at radius 1 is 1.08 bits per heavy atom. The number of nitrogens with zero attached hydrogens (tertiary/aromatic N) is 3. The topological polar surface area (TPSA) is 90.3 Å². The Kier molecular flexibility index (Phi) is 6.96. The van der Waals surface area contributed by atoms with Crippen molar-refractivity contribution in [3.05, 3.63) is 105 Å². The van der Waals surface area contributed by atoms with E-state index in [1.165, 1.54) is 6.33 Å². The zero-order valence-electron chi connectivity index (χ0n) is 20.7. The van der Waals surface area contributed by atoms with Crippen molar-refractivity contribution in [2.45, 2.75) is 26.5 Å². The fourth-order valence-electron chi connectivity index (χ4n) is 4.40. The van der Waals surface area contributed by atoms with Gasteiger partial charge in [-0.15, -0.1) is 0 Å². The molecule has 0 radical (unpaired) electrons. The van der Waals surface area contributed by atoms with Crippen LogP contribution in [0.2, 0.25) is 0 Å². The van der Waals surface area contributed by atoms with Gasteiger partial charge in [0.25, 0.3) is 5.91 Å². The number of carbonyl (C=O) groups excluding carboxylic acids is 1. The minimum atomic E-state index is -0.585. The molecule has 0 saturated carbocycles. The lowest BCUT2D eigenvalue weighted by atomic mass is 9.94. The van der Waals surface area contributed by atoms with Gasteiger partial charge in [-0.05, 0) is 55.3 Å². The fourth-order valence-corrected chi connectivity index (χ4v) is 4.78. The molecule has 1 aliphatic rings. The monoisotopic (exact) mass is 559 g/mol. The molecule has 0 saturated heterocycles. The third kappa shape index (κ3) is 4.95. The first-order valence-electron chi connectivity index (χ1n) is 11.7. The number of nitrogens with one attached hydrogen (secondary N) is 2. The predicted molar refractivity (Wildman–Crippen MR) is 146 cm³/mol. The van der Waals surface area contributed by atoms with Crippen molar-refractivity contribution >= 4 is 33.5 Å². The number of methoxy groups -OCH3 is 1. The molecule has 5 rings (SSSR count). The first kappa shape index (κ1) is 24.6. The van der Waals surface area contributed by atoms with Crippen molar-refractivity contribution in [3.8, 4) is 11.5 Å². The number of para-hydroxylation sites is 2. The minimum absolute atomic E-state index is 0.287. The van der Waals surface area contributed by atoms with Crippen molar-refractivity contribution in [2.75, 3.05) is 17.7 Å². The summed E-state index contributed by atoms with van der Waals surface area (Å²) in [5.41, 5.74) is 4.74. The fraction of sp³-hybridized carbons (Fsp3) is 0.179. The molecule has 0 fully saturated rings. The molecule has 1 unspecified atom stereocenters. The maximum atomic E-state index is 13.8. The van der Waals surface area contributed by atoms with Crippen molar-refractivity contribution < 1.29 is 14.3 Å². The molecule has 0 aliphatic carbocycles. The first-order chi connectivity index (χ1) is 18.0. The van der Waals surface area contributed by atoms with Crippen LogP contribution in [0.15, 0.2) is 88.8 Å². The van der Waals surface area contributed by atoms with E-state index in [1.54, 1.807) is 23.9 Å². The van der Waals surface area contributed by atoms with E-state index in [9.17, 15) is 4.79 Å². The quantitative estimate of drug-likeness (QED) is 0.294. The molecule has 37 heavy (non-hydrogen) atoms. The van der Waals surface area contributed by atoms with E-state index in [0.717, 1.165) is 21.2 Å². The summed E-state index contributed by atoms with van der Waals surface area (Å²) in [5, 5.41) is 10.7. The van der Waals surface area contributed by atoms with E-state index in [4.69, 9.17) is 9.47 Å². The molecule has 0 bridgehead atoms. The van der Waals surface area contributed by atoms with E-state index < -0.39 is 6.04 Å². The average Bonchev–Trinajstić information content (AvgIpc) is 3.36. The van der Waals surface area contributed by atoms with Crippen molar-refractivity contribution in [3.63, 3.8) is 0 Å². The predicted octanol–water partition coefficient (Wildman–Crippen LogP) is 5.86. The molecule has 0 spiro atoms. The van der Waals surface area contributed by atoms with Crippen LogP contribution in [0.3, 0.4) is 0 Å². The molecule has 1 amide bonds. The van der Waals surface area contributed by atoms with E-state index in [-0.39, 0.29) is 5.91 Å². The summed E-state index contributed by atoms with van der Waals surface area (Å²) < 4.78 is 14.3. The molecule has 1 aromatic heterocycles. The number of anilines is 2. The second-order valence-electron chi connectivity index (χ2n) is 8.65. The lowest BCUT2D eigenvalue weighted by Gasteiger charge is -2.30. The number of aryl methyl sites for hydroxylation is 1. The molecular weight excluding hydrogens is 534 g/mol. The van der Waals surface area contributed by atoms with Gasteiger partial charge in [-0.1, -0.05) is 52.3 Å². The summed E-state index contributed by atoms with van der Waals surface area (Å²) in [4.78, 5) is 18.2. The Morgan fingerprint density at radius 2 is 1.86 bits per heavy atom. The van der Waals surface area contributed by atoms with Gasteiger partial charge in [0.2, 0.25) is 5.95 Å². The summed E-state index contributed by atoms with van der Waals surface area (Å²) in [6.45, 7) is 4.30. The van der Waals surface area contributed by atoms with Gasteiger partial charge in [-0.3, -0.25) is 4.79 Å². The van der Waals surface area contributed by atoms with Crippen molar-refractivity contribution in [1.29, 1.82) is 0 Å². The maximum Gasteiger partial charge on any atom is 0.255 e. The standard InChI is InChI=1S/C28H26BrN5O3/c1-17-8-4-5-9-19(17)15-37-23-13-12-20(29)14-21(23)26-25(18(2)32-28-30-16-31-34(26)28)27(35)33-22-10-6-7-11-24(22)36-3/h4-14,16,26H,15H2,1-3H3,(H,33,35)(H,30,31,32). The summed E-state index contributed by atoms with van der Waals surface area (Å²) in [5.74, 6) is 1.47. The highest BCUT2D eigenvalue weighted by atomic mass is 79.9.